The molecule has 1 rings (SSSR count). The highest BCUT2D eigenvalue weighted by Gasteiger charge is 2.08. The van der Waals surface area contributed by atoms with Crippen LogP contribution in [0, 0.1) is 6.92 Å². The van der Waals surface area contributed by atoms with Gasteiger partial charge in [-0.1, -0.05) is 13.3 Å². The summed E-state index contributed by atoms with van der Waals surface area (Å²) < 4.78 is 5.49. The molecule has 96 valence electrons. The first-order valence-corrected chi connectivity index (χ1v) is 6.34. The molecule has 0 amide bonds. The highest BCUT2D eigenvalue weighted by atomic mass is 16.5. The molecule has 0 saturated carbocycles. The largest absolute Gasteiger partial charge is 0.380 e. The molecule has 17 heavy (non-hydrogen) atoms. The number of ether oxygens (including phenoxy) is 1. The lowest BCUT2D eigenvalue weighted by atomic mass is 10.2. The molecule has 4 heteroatoms. The van der Waals surface area contributed by atoms with Crippen LogP contribution < -0.4 is 5.32 Å². The molecule has 1 aromatic rings. The van der Waals surface area contributed by atoms with Gasteiger partial charge in [0.2, 0.25) is 0 Å². The Kier molecular flexibility index (Phi) is 6.74. The van der Waals surface area contributed by atoms with Crippen LogP contribution in [0.4, 0.5) is 0 Å². The van der Waals surface area contributed by atoms with E-state index in [4.69, 9.17) is 4.74 Å². The van der Waals surface area contributed by atoms with E-state index in [1.165, 1.54) is 6.42 Å². The van der Waals surface area contributed by atoms with Gasteiger partial charge in [-0.15, -0.1) is 0 Å². The lowest BCUT2D eigenvalue weighted by Crippen LogP contribution is -2.25. The molecular weight excluding hydrogens is 214 g/mol. The van der Waals surface area contributed by atoms with Crippen LogP contribution >= 0.6 is 0 Å². The minimum Gasteiger partial charge on any atom is -0.380 e. The SMILES string of the molecule is CCCCOCCNC(C)c1nccnc1C. The van der Waals surface area contributed by atoms with E-state index in [0.29, 0.717) is 0 Å². The Morgan fingerprint density at radius 3 is 2.76 bits per heavy atom. The fraction of sp³-hybridized carbons (Fsp3) is 0.692. The Morgan fingerprint density at radius 2 is 2.06 bits per heavy atom. The lowest BCUT2D eigenvalue weighted by Gasteiger charge is -2.14. The summed E-state index contributed by atoms with van der Waals surface area (Å²) in [6.45, 7) is 8.71. The fourth-order valence-electron chi connectivity index (χ4n) is 1.64. The van der Waals surface area contributed by atoms with E-state index in [1.54, 1.807) is 12.4 Å². The number of aryl methyl sites for hydroxylation is 1. The average Bonchev–Trinajstić information content (AvgIpc) is 2.34. The molecule has 0 radical (unpaired) electrons. The summed E-state index contributed by atoms with van der Waals surface area (Å²) in [6, 6.07) is 0.221. The second kappa shape index (κ2) is 8.14. The van der Waals surface area contributed by atoms with Crippen molar-refractivity contribution in [2.75, 3.05) is 19.8 Å². The third-order valence-electron chi connectivity index (χ3n) is 2.67. The van der Waals surface area contributed by atoms with Gasteiger partial charge in [-0.25, -0.2) is 0 Å². The summed E-state index contributed by atoms with van der Waals surface area (Å²) in [5, 5.41) is 3.39. The molecule has 0 saturated heterocycles. The maximum Gasteiger partial charge on any atom is 0.0782 e. The Hall–Kier alpha value is -1.00. The van der Waals surface area contributed by atoms with Crippen molar-refractivity contribution in [1.29, 1.82) is 0 Å². The molecule has 0 fully saturated rings. The highest BCUT2D eigenvalue weighted by molar-refractivity contribution is 5.12. The zero-order chi connectivity index (χ0) is 12.5. The molecular formula is C13H23N3O. The third kappa shape index (κ3) is 5.24. The van der Waals surface area contributed by atoms with Crippen molar-refractivity contribution in [1.82, 2.24) is 15.3 Å². The zero-order valence-electron chi connectivity index (χ0n) is 11.1. The molecule has 1 atom stereocenters. The first kappa shape index (κ1) is 14.1. The molecule has 0 aliphatic rings. The summed E-state index contributed by atoms with van der Waals surface area (Å²) >= 11 is 0. The summed E-state index contributed by atoms with van der Waals surface area (Å²) in [5.41, 5.74) is 2.00. The van der Waals surface area contributed by atoms with Crippen LogP contribution in [0.5, 0.6) is 0 Å². The van der Waals surface area contributed by atoms with E-state index < -0.39 is 0 Å². The first-order valence-electron chi connectivity index (χ1n) is 6.34. The Balaban J connectivity index is 2.21. The molecule has 1 unspecified atom stereocenters. The number of nitrogens with one attached hydrogen (secondary N) is 1. The smallest absolute Gasteiger partial charge is 0.0782 e. The molecule has 0 bridgehead atoms. The highest BCUT2D eigenvalue weighted by Crippen LogP contribution is 2.10. The number of unbranched alkanes of at least 4 members (excludes halogenated alkanes) is 1. The minimum atomic E-state index is 0.221. The Morgan fingerprint density at radius 1 is 1.29 bits per heavy atom. The molecule has 0 aliphatic carbocycles. The van der Waals surface area contributed by atoms with E-state index in [9.17, 15) is 0 Å². The van der Waals surface area contributed by atoms with Crippen LogP contribution in [-0.4, -0.2) is 29.7 Å². The molecule has 4 nitrogen and oxygen atoms in total. The number of hydrogen-bond acceptors (Lipinski definition) is 4. The van der Waals surface area contributed by atoms with E-state index in [0.717, 1.165) is 37.6 Å². The van der Waals surface area contributed by atoms with Gasteiger partial charge in [0.1, 0.15) is 0 Å². The first-order chi connectivity index (χ1) is 8.25. The van der Waals surface area contributed by atoms with Gasteiger partial charge >= 0.3 is 0 Å². The summed E-state index contributed by atoms with van der Waals surface area (Å²) in [6.07, 6.45) is 5.78. The van der Waals surface area contributed by atoms with Crippen molar-refractivity contribution in [3.63, 3.8) is 0 Å². The van der Waals surface area contributed by atoms with E-state index in [2.05, 4.69) is 29.1 Å². The minimum absolute atomic E-state index is 0.221. The maximum atomic E-state index is 5.49. The van der Waals surface area contributed by atoms with Gasteiger partial charge in [-0.05, 0) is 20.3 Å². The summed E-state index contributed by atoms with van der Waals surface area (Å²) in [4.78, 5) is 8.58. The summed E-state index contributed by atoms with van der Waals surface area (Å²) in [5.74, 6) is 0. The molecule has 1 N–H and O–H groups in total. The summed E-state index contributed by atoms with van der Waals surface area (Å²) in [7, 11) is 0. The van der Waals surface area contributed by atoms with Crippen LogP contribution in [0.2, 0.25) is 0 Å². The molecule has 1 aromatic heterocycles. The normalized spacial score (nSPS) is 12.6. The lowest BCUT2D eigenvalue weighted by molar-refractivity contribution is 0.131. The number of hydrogen-bond donors (Lipinski definition) is 1. The van der Waals surface area contributed by atoms with Crippen molar-refractivity contribution in [3.05, 3.63) is 23.8 Å². The van der Waals surface area contributed by atoms with Crippen LogP contribution in [0.1, 0.15) is 44.1 Å². The average molecular weight is 237 g/mol. The van der Waals surface area contributed by atoms with Crippen molar-refractivity contribution in [2.45, 2.75) is 39.7 Å². The van der Waals surface area contributed by atoms with Gasteiger partial charge < -0.3 is 10.1 Å². The Bertz CT molecular complexity index is 317. The van der Waals surface area contributed by atoms with Crippen molar-refractivity contribution >= 4 is 0 Å². The second-order valence-corrected chi connectivity index (χ2v) is 4.17. The standard InChI is InChI=1S/C13H23N3O/c1-4-5-9-17-10-8-15-12(3)13-11(2)14-6-7-16-13/h6-7,12,15H,4-5,8-10H2,1-3H3. The van der Waals surface area contributed by atoms with Gasteiger partial charge in [0.25, 0.3) is 0 Å². The van der Waals surface area contributed by atoms with Crippen LogP contribution in [0.3, 0.4) is 0 Å². The monoisotopic (exact) mass is 237 g/mol. The van der Waals surface area contributed by atoms with Crippen molar-refractivity contribution < 1.29 is 4.74 Å². The number of aromatic nitrogens is 2. The quantitative estimate of drug-likeness (QED) is 0.704. The van der Waals surface area contributed by atoms with Gasteiger partial charge in [-0.3, -0.25) is 9.97 Å². The molecule has 0 aliphatic heterocycles. The van der Waals surface area contributed by atoms with Gasteiger partial charge in [-0.2, -0.15) is 0 Å². The Labute approximate surface area is 104 Å². The fourth-order valence-corrected chi connectivity index (χ4v) is 1.64. The van der Waals surface area contributed by atoms with Gasteiger partial charge in [0.15, 0.2) is 0 Å². The third-order valence-corrected chi connectivity index (χ3v) is 2.67. The molecule has 0 spiro atoms. The molecule has 0 aromatic carbocycles. The van der Waals surface area contributed by atoms with E-state index in [-0.39, 0.29) is 6.04 Å². The van der Waals surface area contributed by atoms with Crippen LogP contribution in [-0.2, 0) is 4.74 Å². The second-order valence-electron chi connectivity index (χ2n) is 4.17. The van der Waals surface area contributed by atoms with Gasteiger partial charge in [0, 0.05) is 31.6 Å². The van der Waals surface area contributed by atoms with E-state index in [1.807, 2.05) is 6.92 Å². The topological polar surface area (TPSA) is 47.0 Å². The zero-order valence-corrected chi connectivity index (χ0v) is 11.1. The number of nitrogens with zero attached hydrogens (tertiary/aromatic N) is 2. The van der Waals surface area contributed by atoms with Crippen molar-refractivity contribution in [2.24, 2.45) is 0 Å². The number of rotatable bonds is 8. The van der Waals surface area contributed by atoms with Gasteiger partial charge in [0.05, 0.1) is 18.0 Å². The maximum absolute atomic E-state index is 5.49. The van der Waals surface area contributed by atoms with Crippen LogP contribution in [0.25, 0.3) is 0 Å². The molecule has 1 heterocycles. The van der Waals surface area contributed by atoms with Crippen LogP contribution in [0.15, 0.2) is 12.4 Å². The van der Waals surface area contributed by atoms with E-state index >= 15 is 0 Å². The van der Waals surface area contributed by atoms with Crippen molar-refractivity contribution in [3.8, 4) is 0 Å². The predicted molar refractivity (Wildman–Crippen MR) is 68.9 cm³/mol. The predicted octanol–water partition coefficient (Wildman–Crippen LogP) is 2.25.